The first-order valence-corrected chi connectivity index (χ1v) is 4.83. The molecule has 76 valence electrons. The summed E-state index contributed by atoms with van der Waals surface area (Å²) >= 11 is 0. The molecule has 0 radical (unpaired) electrons. The summed E-state index contributed by atoms with van der Waals surface area (Å²) in [7, 11) is 0. The van der Waals surface area contributed by atoms with Gasteiger partial charge in [0.15, 0.2) is 0 Å². The molecular weight excluding hydrogens is 186 g/mol. The molecule has 0 atom stereocenters. The number of fused-ring (bicyclic) bond motifs is 1. The molecule has 0 aliphatic heterocycles. The van der Waals surface area contributed by atoms with Crippen LogP contribution in [0.1, 0.15) is 0 Å². The highest BCUT2D eigenvalue weighted by atomic mass is 16.5. The van der Waals surface area contributed by atoms with Gasteiger partial charge in [0.2, 0.25) is 0 Å². The third-order valence-electron chi connectivity index (χ3n) is 2.24. The lowest BCUT2D eigenvalue weighted by Gasteiger charge is -2.07. The number of hydrogen-bond donors (Lipinski definition) is 1. The monoisotopic (exact) mass is 199 g/mol. The highest BCUT2D eigenvalue weighted by molar-refractivity contribution is 5.94. The first-order valence-electron chi connectivity index (χ1n) is 4.83. The molecule has 0 aromatic heterocycles. The number of ether oxygens (including phenoxy) is 1. The summed E-state index contributed by atoms with van der Waals surface area (Å²) in [5.41, 5.74) is 6.67. The largest absolute Gasteiger partial charge is 0.489 e. The lowest BCUT2D eigenvalue weighted by Crippen LogP contribution is -1.95. The average Bonchev–Trinajstić information content (AvgIpc) is 2.26. The van der Waals surface area contributed by atoms with Gasteiger partial charge in [-0.05, 0) is 11.5 Å². The van der Waals surface area contributed by atoms with E-state index in [9.17, 15) is 0 Å². The summed E-state index contributed by atoms with van der Waals surface area (Å²) < 4.78 is 5.45. The SMILES string of the molecule is C=CCOc1cc(N)c2ccccc2c1. The van der Waals surface area contributed by atoms with Crippen LogP contribution in [0.25, 0.3) is 10.8 Å². The zero-order valence-corrected chi connectivity index (χ0v) is 8.44. The number of nitrogen functional groups attached to an aromatic ring is 1. The Morgan fingerprint density at radius 2 is 2.07 bits per heavy atom. The standard InChI is InChI=1S/C13H13NO/c1-2-7-15-11-8-10-5-3-4-6-12(10)13(14)9-11/h2-6,8-9H,1,7,14H2. The molecule has 0 fully saturated rings. The van der Waals surface area contributed by atoms with Gasteiger partial charge in [0.25, 0.3) is 0 Å². The Hall–Kier alpha value is -1.96. The van der Waals surface area contributed by atoms with Gasteiger partial charge in [0, 0.05) is 17.1 Å². The molecule has 2 aromatic rings. The molecule has 2 rings (SSSR count). The van der Waals surface area contributed by atoms with Gasteiger partial charge in [-0.25, -0.2) is 0 Å². The maximum Gasteiger partial charge on any atom is 0.122 e. The van der Waals surface area contributed by atoms with Crippen LogP contribution in [0, 0.1) is 0 Å². The maximum atomic E-state index is 5.92. The van der Waals surface area contributed by atoms with E-state index in [0.29, 0.717) is 6.61 Å². The molecule has 2 heteroatoms. The lowest BCUT2D eigenvalue weighted by molar-refractivity contribution is 0.364. The van der Waals surface area contributed by atoms with Gasteiger partial charge < -0.3 is 10.5 Å². The predicted octanol–water partition coefficient (Wildman–Crippen LogP) is 2.99. The number of hydrogen-bond acceptors (Lipinski definition) is 2. The van der Waals surface area contributed by atoms with Crippen molar-refractivity contribution in [2.75, 3.05) is 12.3 Å². The molecular formula is C13H13NO. The second kappa shape index (κ2) is 4.05. The third-order valence-corrected chi connectivity index (χ3v) is 2.24. The first kappa shape index (κ1) is 9.59. The summed E-state index contributed by atoms with van der Waals surface area (Å²) in [6.45, 7) is 4.10. The number of anilines is 1. The van der Waals surface area contributed by atoms with Gasteiger partial charge in [-0.1, -0.05) is 36.9 Å². The van der Waals surface area contributed by atoms with E-state index in [1.54, 1.807) is 6.08 Å². The average molecular weight is 199 g/mol. The van der Waals surface area contributed by atoms with Crippen LogP contribution in [-0.4, -0.2) is 6.61 Å². The summed E-state index contributed by atoms with van der Waals surface area (Å²) in [4.78, 5) is 0. The van der Waals surface area contributed by atoms with E-state index in [-0.39, 0.29) is 0 Å². The van der Waals surface area contributed by atoms with Crippen molar-refractivity contribution in [3.05, 3.63) is 49.1 Å². The van der Waals surface area contributed by atoms with Crippen molar-refractivity contribution < 1.29 is 4.74 Å². The predicted molar refractivity (Wildman–Crippen MR) is 64.1 cm³/mol. The minimum absolute atomic E-state index is 0.498. The zero-order valence-electron chi connectivity index (χ0n) is 8.44. The van der Waals surface area contributed by atoms with Crippen LogP contribution in [0.5, 0.6) is 5.75 Å². The van der Waals surface area contributed by atoms with Crippen LogP contribution in [0.15, 0.2) is 49.1 Å². The molecule has 0 unspecified atom stereocenters. The van der Waals surface area contributed by atoms with Crippen LogP contribution in [0.3, 0.4) is 0 Å². The Morgan fingerprint density at radius 3 is 2.87 bits per heavy atom. The Kier molecular flexibility index (Phi) is 2.59. The Labute approximate surface area is 89.0 Å². The van der Waals surface area contributed by atoms with Crippen molar-refractivity contribution in [1.82, 2.24) is 0 Å². The molecule has 0 saturated heterocycles. The second-order valence-electron chi connectivity index (χ2n) is 3.33. The molecule has 0 heterocycles. The molecule has 2 aromatic carbocycles. The van der Waals surface area contributed by atoms with Gasteiger partial charge in [-0.15, -0.1) is 0 Å². The van der Waals surface area contributed by atoms with Crippen molar-refractivity contribution >= 4 is 16.5 Å². The van der Waals surface area contributed by atoms with Crippen molar-refractivity contribution in [3.8, 4) is 5.75 Å². The minimum Gasteiger partial charge on any atom is -0.489 e. The highest BCUT2D eigenvalue weighted by Gasteiger charge is 2.00. The number of benzene rings is 2. The van der Waals surface area contributed by atoms with E-state index in [1.807, 2.05) is 36.4 Å². The number of rotatable bonds is 3. The molecule has 0 spiro atoms. The summed E-state index contributed by atoms with van der Waals surface area (Å²) in [6, 6.07) is 11.8. The van der Waals surface area contributed by atoms with E-state index in [0.717, 1.165) is 22.2 Å². The van der Waals surface area contributed by atoms with E-state index in [1.165, 1.54) is 0 Å². The zero-order chi connectivity index (χ0) is 10.7. The smallest absolute Gasteiger partial charge is 0.122 e. The van der Waals surface area contributed by atoms with Crippen LogP contribution in [-0.2, 0) is 0 Å². The van der Waals surface area contributed by atoms with Crippen molar-refractivity contribution in [3.63, 3.8) is 0 Å². The van der Waals surface area contributed by atoms with Crippen molar-refractivity contribution in [1.29, 1.82) is 0 Å². The first-order chi connectivity index (χ1) is 7.31. The molecule has 0 amide bonds. The molecule has 0 bridgehead atoms. The lowest BCUT2D eigenvalue weighted by atomic mass is 10.1. The van der Waals surface area contributed by atoms with Gasteiger partial charge in [-0.3, -0.25) is 0 Å². The molecule has 0 aliphatic rings. The van der Waals surface area contributed by atoms with E-state index in [2.05, 4.69) is 6.58 Å². The van der Waals surface area contributed by atoms with E-state index in [4.69, 9.17) is 10.5 Å². The number of nitrogens with two attached hydrogens (primary N) is 1. The molecule has 2 nitrogen and oxygen atoms in total. The topological polar surface area (TPSA) is 35.2 Å². The van der Waals surface area contributed by atoms with Crippen molar-refractivity contribution in [2.45, 2.75) is 0 Å². The molecule has 2 N–H and O–H groups in total. The fraction of sp³-hybridized carbons (Fsp3) is 0.0769. The van der Waals surface area contributed by atoms with Gasteiger partial charge in [0.05, 0.1) is 0 Å². The fourth-order valence-corrected chi connectivity index (χ4v) is 1.55. The van der Waals surface area contributed by atoms with Gasteiger partial charge in [0.1, 0.15) is 12.4 Å². The third kappa shape index (κ3) is 1.94. The summed E-state index contributed by atoms with van der Waals surface area (Å²) in [6.07, 6.45) is 1.71. The summed E-state index contributed by atoms with van der Waals surface area (Å²) in [5, 5.41) is 2.15. The maximum absolute atomic E-state index is 5.92. The normalized spacial score (nSPS) is 10.1. The van der Waals surface area contributed by atoms with Crippen LogP contribution in [0.4, 0.5) is 5.69 Å². The Balaban J connectivity index is 2.47. The van der Waals surface area contributed by atoms with Crippen LogP contribution < -0.4 is 10.5 Å². The Bertz CT molecular complexity index is 491. The second-order valence-corrected chi connectivity index (χ2v) is 3.33. The van der Waals surface area contributed by atoms with Gasteiger partial charge in [-0.2, -0.15) is 0 Å². The Morgan fingerprint density at radius 1 is 1.27 bits per heavy atom. The minimum atomic E-state index is 0.498. The van der Waals surface area contributed by atoms with E-state index < -0.39 is 0 Å². The quantitative estimate of drug-likeness (QED) is 0.609. The van der Waals surface area contributed by atoms with Gasteiger partial charge >= 0.3 is 0 Å². The van der Waals surface area contributed by atoms with Crippen LogP contribution in [0.2, 0.25) is 0 Å². The van der Waals surface area contributed by atoms with Crippen molar-refractivity contribution in [2.24, 2.45) is 0 Å². The highest BCUT2D eigenvalue weighted by Crippen LogP contribution is 2.26. The summed E-state index contributed by atoms with van der Waals surface area (Å²) in [5.74, 6) is 0.783. The molecule has 15 heavy (non-hydrogen) atoms. The van der Waals surface area contributed by atoms with E-state index >= 15 is 0 Å². The molecule has 0 saturated carbocycles. The molecule has 0 aliphatic carbocycles. The van der Waals surface area contributed by atoms with Crippen LogP contribution >= 0.6 is 0 Å². The fourth-order valence-electron chi connectivity index (χ4n) is 1.55.